The lowest BCUT2D eigenvalue weighted by atomic mass is 10.0. The first-order chi connectivity index (χ1) is 14.8. The molecular formula is C27H53N2O+. The molecule has 0 fully saturated rings. The van der Waals surface area contributed by atoms with Gasteiger partial charge >= 0.3 is 0 Å². The van der Waals surface area contributed by atoms with Gasteiger partial charge in [-0.25, -0.2) is 0 Å². The highest BCUT2D eigenvalue weighted by molar-refractivity contribution is 4.88. The minimum Gasteiger partial charge on any atom is -0.390 e. The Labute approximate surface area is 188 Å². The van der Waals surface area contributed by atoms with Crippen molar-refractivity contribution in [1.82, 2.24) is 5.32 Å². The number of nitrogens with one attached hydrogen (secondary N) is 1. The summed E-state index contributed by atoms with van der Waals surface area (Å²) in [7, 11) is 0. The van der Waals surface area contributed by atoms with Gasteiger partial charge in [-0.2, -0.15) is 0 Å². The molecular weight excluding hydrogens is 368 g/mol. The van der Waals surface area contributed by atoms with Gasteiger partial charge in [0.2, 0.25) is 0 Å². The summed E-state index contributed by atoms with van der Waals surface area (Å²) in [6.45, 7) is 6.61. The Kier molecular flexibility index (Phi) is 17.2. The number of quaternary nitrogens is 1. The van der Waals surface area contributed by atoms with Crippen molar-refractivity contribution in [3.05, 3.63) is 24.6 Å². The number of nitrogens with zero attached hydrogens (tertiary/aromatic N) is 1. The van der Waals surface area contributed by atoms with Gasteiger partial charge < -0.3 is 10.4 Å². The second kappa shape index (κ2) is 18.9. The number of unbranched alkanes of at least 4 members (excludes halogenated alkanes) is 14. The first-order valence-corrected chi connectivity index (χ1v) is 13.3. The number of aliphatic hydroxyl groups is 1. The first-order valence-electron chi connectivity index (χ1n) is 13.3. The fourth-order valence-electron chi connectivity index (χ4n) is 4.74. The Morgan fingerprint density at radius 1 is 0.767 bits per heavy atom. The van der Waals surface area contributed by atoms with Crippen molar-refractivity contribution in [3.8, 4) is 0 Å². The van der Waals surface area contributed by atoms with E-state index in [1.807, 2.05) is 0 Å². The first kappa shape index (κ1) is 27.2. The van der Waals surface area contributed by atoms with Crippen LogP contribution in [-0.4, -0.2) is 35.5 Å². The molecule has 2 N–H and O–H groups in total. The smallest absolute Gasteiger partial charge is 0.166 e. The highest BCUT2D eigenvalue weighted by atomic mass is 16.3. The second-order valence-corrected chi connectivity index (χ2v) is 9.30. The number of allylic oxidation sites excluding steroid dienone is 2. The third-order valence-corrected chi connectivity index (χ3v) is 6.88. The molecule has 0 saturated heterocycles. The maximum Gasteiger partial charge on any atom is 0.166 e. The molecule has 2 unspecified atom stereocenters. The Balaban J connectivity index is 1.87. The van der Waals surface area contributed by atoms with Gasteiger partial charge in [-0.1, -0.05) is 103 Å². The molecule has 0 radical (unpaired) electrons. The van der Waals surface area contributed by atoms with Crippen molar-refractivity contribution in [2.45, 2.75) is 129 Å². The van der Waals surface area contributed by atoms with Crippen LogP contribution in [0.5, 0.6) is 0 Å². The fraction of sp³-hybridized carbons (Fsp3) is 0.852. The summed E-state index contributed by atoms with van der Waals surface area (Å²) >= 11 is 0. The zero-order valence-corrected chi connectivity index (χ0v) is 20.4. The van der Waals surface area contributed by atoms with Crippen molar-refractivity contribution in [2.24, 2.45) is 0 Å². The van der Waals surface area contributed by atoms with Crippen molar-refractivity contribution in [1.29, 1.82) is 0 Å². The molecule has 30 heavy (non-hydrogen) atoms. The summed E-state index contributed by atoms with van der Waals surface area (Å²) in [6, 6.07) is 0. The largest absolute Gasteiger partial charge is 0.390 e. The number of likely N-dealkylation sites (N-methyl/N-ethyl adjacent to an activating group) is 1. The lowest BCUT2D eigenvalue weighted by molar-refractivity contribution is -0.899. The van der Waals surface area contributed by atoms with Crippen LogP contribution in [0.2, 0.25) is 0 Å². The van der Waals surface area contributed by atoms with Crippen LogP contribution in [0.1, 0.15) is 123 Å². The summed E-state index contributed by atoms with van der Waals surface area (Å²) in [5.74, 6) is 0. The molecule has 1 aliphatic heterocycles. The molecule has 3 nitrogen and oxygen atoms in total. The van der Waals surface area contributed by atoms with Crippen LogP contribution in [0.15, 0.2) is 24.6 Å². The predicted octanol–water partition coefficient (Wildman–Crippen LogP) is 7.42. The lowest BCUT2D eigenvalue weighted by Crippen LogP contribution is -2.53. The highest BCUT2D eigenvalue weighted by Gasteiger charge is 2.35. The molecule has 2 atom stereocenters. The topological polar surface area (TPSA) is 32.3 Å². The Hall–Kier alpha value is -0.800. The van der Waals surface area contributed by atoms with E-state index in [9.17, 15) is 5.11 Å². The summed E-state index contributed by atoms with van der Waals surface area (Å²) < 4.78 is 0.878. The molecule has 1 aliphatic rings. The minimum absolute atomic E-state index is 0.255. The van der Waals surface area contributed by atoms with E-state index in [1.165, 1.54) is 96.3 Å². The lowest BCUT2D eigenvalue weighted by Gasteiger charge is -2.36. The van der Waals surface area contributed by atoms with Gasteiger partial charge in [0.25, 0.3) is 0 Å². The summed E-state index contributed by atoms with van der Waals surface area (Å²) in [6.07, 6.45) is 33.0. The van der Waals surface area contributed by atoms with Gasteiger partial charge in [0.15, 0.2) is 6.17 Å². The maximum atomic E-state index is 9.38. The van der Waals surface area contributed by atoms with Crippen LogP contribution in [0.3, 0.4) is 0 Å². The van der Waals surface area contributed by atoms with Crippen LogP contribution in [-0.2, 0) is 0 Å². The van der Waals surface area contributed by atoms with Gasteiger partial charge in [0.05, 0.1) is 19.4 Å². The van der Waals surface area contributed by atoms with Gasteiger partial charge in [-0.3, -0.25) is 4.48 Å². The molecule has 1 rings (SSSR count). The van der Waals surface area contributed by atoms with Gasteiger partial charge in [-0.05, 0) is 26.2 Å². The average molecular weight is 422 g/mol. The fourth-order valence-corrected chi connectivity index (χ4v) is 4.74. The second-order valence-electron chi connectivity index (χ2n) is 9.30. The van der Waals surface area contributed by atoms with Crippen LogP contribution in [0.4, 0.5) is 0 Å². The molecule has 0 aromatic heterocycles. The summed E-state index contributed by atoms with van der Waals surface area (Å²) in [5, 5.41) is 12.9. The SMILES string of the molecule is CCCCCCCCCCCCCCCC/C=C/CCC1NC=C[N+]1(CC)CCO. The van der Waals surface area contributed by atoms with E-state index < -0.39 is 0 Å². The average Bonchev–Trinajstić information content (AvgIpc) is 3.16. The zero-order chi connectivity index (χ0) is 21.8. The van der Waals surface area contributed by atoms with Crippen molar-refractivity contribution in [2.75, 3.05) is 19.7 Å². The van der Waals surface area contributed by atoms with Gasteiger partial charge in [0.1, 0.15) is 12.7 Å². The Bertz CT molecular complexity index is 435. The van der Waals surface area contributed by atoms with Crippen LogP contribution >= 0.6 is 0 Å². The summed E-state index contributed by atoms with van der Waals surface area (Å²) in [5.41, 5.74) is 0. The monoisotopic (exact) mass is 421 g/mol. The van der Waals surface area contributed by atoms with E-state index in [2.05, 4.69) is 43.7 Å². The molecule has 0 saturated carbocycles. The Morgan fingerprint density at radius 3 is 1.83 bits per heavy atom. The quantitative estimate of drug-likeness (QED) is 0.115. The van der Waals surface area contributed by atoms with E-state index in [0.29, 0.717) is 6.17 Å². The number of aliphatic hydroxyl groups excluding tert-OH is 1. The zero-order valence-electron chi connectivity index (χ0n) is 20.4. The summed E-state index contributed by atoms with van der Waals surface area (Å²) in [4.78, 5) is 0. The number of hydrogen-bond acceptors (Lipinski definition) is 2. The van der Waals surface area contributed by atoms with Crippen molar-refractivity contribution < 1.29 is 9.59 Å². The van der Waals surface area contributed by atoms with E-state index >= 15 is 0 Å². The standard InChI is InChI=1S/C27H53N2O/c1-3-5-6-7-8-9-10-11-12-13-14-15-16-17-18-19-20-21-22-27-28-23-24-29(27,4-2)25-26-30/h19-20,23-24,27-28,30H,3-18,21-22,25-26H2,1-2H3/q+1/b20-19+. The Morgan fingerprint density at radius 2 is 1.30 bits per heavy atom. The van der Waals surface area contributed by atoms with E-state index in [4.69, 9.17) is 0 Å². The van der Waals surface area contributed by atoms with Gasteiger partial charge in [0, 0.05) is 6.42 Å². The molecule has 0 spiro atoms. The maximum absolute atomic E-state index is 9.38. The minimum atomic E-state index is 0.255. The molecule has 3 heteroatoms. The highest BCUT2D eigenvalue weighted by Crippen LogP contribution is 2.22. The van der Waals surface area contributed by atoms with E-state index in [0.717, 1.165) is 30.4 Å². The third-order valence-electron chi connectivity index (χ3n) is 6.88. The van der Waals surface area contributed by atoms with Crippen LogP contribution in [0, 0.1) is 0 Å². The van der Waals surface area contributed by atoms with Crippen molar-refractivity contribution >= 4 is 0 Å². The predicted molar refractivity (Wildman–Crippen MR) is 132 cm³/mol. The third kappa shape index (κ3) is 12.2. The van der Waals surface area contributed by atoms with Crippen LogP contribution < -0.4 is 5.32 Å². The number of hydrogen-bond donors (Lipinski definition) is 2. The molecule has 0 aliphatic carbocycles. The van der Waals surface area contributed by atoms with Gasteiger partial charge in [-0.15, -0.1) is 0 Å². The van der Waals surface area contributed by atoms with Crippen LogP contribution in [0.25, 0.3) is 0 Å². The molecule has 1 heterocycles. The normalized spacial score (nSPS) is 21.0. The van der Waals surface area contributed by atoms with E-state index in [1.54, 1.807) is 0 Å². The molecule has 0 amide bonds. The molecule has 0 bridgehead atoms. The van der Waals surface area contributed by atoms with E-state index in [-0.39, 0.29) is 6.61 Å². The molecule has 176 valence electrons. The molecule has 0 aromatic rings. The van der Waals surface area contributed by atoms with Crippen molar-refractivity contribution in [3.63, 3.8) is 0 Å². The molecule has 0 aromatic carbocycles. The number of rotatable bonds is 21.